The summed E-state index contributed by atoms with van der Waals surface area (Å²) in [5.74, 6) is -0.0869. The third-order valence-corrected chi connectivity index (χ3v) is 3.78. The van der Waals surface area contributed by atoms with Gasteiger partial charge in [0, 0.05) is 26.6 Å². The minimum Gasteiger partial charge on any atom is -0.349 e. The third kappa shape index (κ3) is 4.75. The fourth-order valence-electron chi connectivity index (χ4n) is 2.81. The Bertz CT molecular complexity index is 363. The second-order valence-electron chi connectivity index (χ2n) is 7.28. The Hall–Kier alpha value is -0.600. The molecule has 0 aromatic rings. The van der Waals surface area contributed by atoms with Gasteiger partial charge in [0.2, 0.25) is 0 Å². The minimum atomic E-state index is -0.576. The molecule has 0 amide bonds. The molecule has 2 N–H and O–H groups in total. The van der Waals surface area contributed by atoms with Crippen LogP contribution >= 0.6 is 0 Å². The number of hydrogen-bond donors (Lipinski definition) is 1. The van der Waals surface area contributed by atoms with Crippen molar-refractivity contribution in [3.8, 4) is 0 Å². The molecular weight excluding hydrogens is 250 g/mol. The number of nitrogens with two attached hydrogens (primary N) is 1. The molecule has 0 spiro atoms. The zero-order chi connectivity index (χ0) is 15.4. The molecule has 0 aliphatic carbocycles. The van der Waals surface area contributed by atoms with Gasteiger partial charge >= 0.3 is 0 Å². The van der Waals surface area contributed by atoms with Crippen molar-refractivity contribution in [2.45, 2.75) is 65.2 Å². The van der Waals surface area contributed by atoms with Gasteiger partial charge in [-0.1, -0.05) is 20.8 Å². The van der Waals surface area contributed by atoms with Gasteiger partial charge in [-0.3, -0.25) is 0 Å². The van der Waals surface area contributed by atoms with Crippen LogP contribution in [0.5, 0.6) is 0 Å². The minimum absolute atomic E-state index is 0. The summed E-state index contributed by atoms with van der Waals surface area (Å²) >= 11 is 0. The standard InChI is InChI=1S/C17H30NO2.H2.H/c1-7-9-16(8-2)12-19-17(20-13-16,10-14(3)4)11-15(5,6)18;;/h1,9,14H,8,10-13,18H2,2-6H3;1H;. The molecule has 0 unspecified atom stereocenters. The first-order valence-corrected chi connectivity index (χ1v) is 7.53. The van der Waals surface area contributed by atoms with Crippen molar-refractivity contribution in [1.29, 1.82) is 0 Å². The molecule has 0 atom stereocenters. The highest BCUT2D eigenvalue weighted by molar-refractivity contribution is 5.00. The predicted octanol–water partition coefficient (Wildman–Crippen LogP) is 3.80. The first-order valence-electron chi connectivity index (χ1n) is 7.53. The monoisotopic (exact) mass is 283 g/mol. The summed E-state index contributed by atoms with van der Waals surface area (Å²) in [5, 5.41) is 0. The Balaban J connectivity index is 0. The Morgan fingerprint density at radius 2 is 2.00 bits per heavy atom. The van der Waals surface area contributed by atoms with E-state index in [4.69, 9.17) is 21.8 Å². The normalized spacial score (nSPS) is 31.1. The van der Waals surface area contributed by atoms with Crippen LogP contribution in [0, 0.1) is 17.9 Å². The van der Waals surface area contributed by atoms with Gasteiger partial charge in [-0.15, -0.1) is 5.73 Å². The summed E-state index contributed by atoms with van der Waals surface area (Å²) in [5.41, 5.74) is 8.34. The van der Waals surface area contributed by atoms with E-state index in [1.54, 1.807) is 0 Å². The Morgan fingerprint density at radius 1 is 1.45 bits per heavy atom. The lowest BCUT2D eigenvalue weighted by atomic mass is 9.83. The molecule has 1 fully saturated rings. The molecule has 0 bridgehead atoms. The van der Waals surface area contributed by atoms with E-state index in [1.165, 1.54) is 0 Å². The SMILES string of the molecule is [CH]=C=CC1(CC)COC(CC(C)C)(CC(C)(C)N)OC1.[HH].[H]. The topological polar surface area (TPSA) is 44.5 Å². The highest BCUT2D eigenvalue weighted by Gasteiger charge is 2.45. The van der Waals surface area contributed by atoms with Crippen molar-refractivity contribution >= 4 is 0 Å². The van der Waals surface area contributed by atoms with Gasteiger partial charge in [0.05, 0.1) is 13.2 Å². The highest BCUT2D eigenvalue weighted by Crippen LogP contribution is 2.40. The van der Waals surface area contributed by atoms with E-state index >= 15 is 0 Å². The smallest absolute Gasteiger partial charge is 0.170 e. The van der Waals surface area contributed by atoms with E-state index in [2.05, 4.69) is 26.5 Å². The second kappa shape index (κ2) is 6.44. The van der Waals surface area contributed by atoms with Crippen molar-refractivity contribution in [3.63, 3.8) is 0 Å². The molecule has 1 rings (SSSR count). The predicted molar refractivity (Wildman–Crippen MR) is 85.3 cm³/mol. The van der Waals surface area contributed by atoms with Gasteiger partial charge in [0.15, 0.2) is 5.79 Å². The van der Waals surface area contributed by atoms with Crippen LogP contribution in [0.15, 0.2) is 11.8 Å². The van der Waals surface area contributed by atoms with Gasteiger partial charge in [-0.2, -0.15) is 0 Å². The van der Waals surface area contributed by atoms with Crippen LogP contribution in [-0.2, 0) is 9.47 Å². The molecule has 0 aromatic carbocycles. The lowest BCUT2D eigenvalue weighted by Gasteiger charge is -2.47. The van der Waals surface area contributed by atoms with Crippen LogP contribution < -0.4 is 5.73 Å². The third-order valence-electron chi connectivity index (χ3n) is 3.78. The lowest BCUT2D eigenvalue weighted by molar-refractivity contribution is -0.310. The molecule has 0 saturated carbocycles. The van der Waals surface area contributed by atoms with E-state index in [0.29, 0.717) is 25.6 Å². The highest BCUT2D eigenvalue weighted by atomic mass is 16.7. The first kappa shape index (κ1) is 17.5. The maximum atomic E-state index is 6.19. The number of hydrogen-bond acceptors (Lipinski definition) is 3. The molecule has 3 heteroatoms. The van der Waals surface area contributed by atoms with Gasteiger partial charge in [0.1, 0.15) is 0 Å². The van der Waals surface area contributed by atoms with Crippen LogP contribution in [0.1, 0.15) is 56.7 Å². The van der Waals surface area contributed by atoms with Crippen LogP contribution in [0.3, 0.4) is 0 Å². The average Bonchev–Trinajstić information content (AvgIpc) is 2.30. The summed E-state index contributed by atoms with van der Waals surface area (Å²) in [6.45, 7) is 17.1. The molecule has 20 heavy (non-hydrogen) atoms. The summed E-state index contributed by atoms with van der Waals surface area (Å²) in [6.07, 6.45) is 4.33. The van der Waals surface area contributed by atoms with E-state index in [0.717, 1.165) is 12.8 Å². The van der Waals surface area contributed by atoms with Crippen molar-refractivity contribution in [2.24, 2.45) is 17.1 Å². The van der Waals surface area contributed by atoms with Crippen molar-refractivity contribution in [3.05, 3.63) is 18.4 Å². The summed E-state index contributed by atoms with van der Waals surface area (Å²) in [7, 11) is 0. The van der Waals surface area contributed by atoms with Crippen molar-refractivity contribution in [2.75, 3.05) is 13.2 Å². The maximum absolute atomic E-state index is 6.19. The van der Waals surface area contributed by atoms with Crippen molar-refractivity contribution < 1.29 is 12.3 Å². The molecule has 1 aliphatic heterocycles. The van der Waals surface area contributed by atoms with Crippen molar-refractivity contribution in [1.82, 2.24) is 0 Å². The second-order valence-corrected chi connectivity index (χ2v) is 7.28. The van der Waals surface area contributed by atoms with Gasteiger partial charge in [0.25, 0.3) is 0 Å². The Labute approximate surface area is 127 Å². The summed E-state index contributed by atoms with van der Waals surface area (Å²) in [6, 6.07) is 0. The van der Waals surface area contributed by atoms with E-state index < -0.39 is 5.79 Å². The maximum Gasteiger partial charge on any atom is 0.170 e. The Morgan fingerprint density at radius 3 is 2.35 bits per heavy atom. The fourth-order valence-corrected chi connectivity index (χ4v) is 2.81. The molecular formula is C17H33NO2. The summed E-state index contributed by atoms with van der Waals surface area (Å²) in [4.78, 5) is 0. The van der Waals surface area contributed by atoms with Crippen LogP contribution in [-0.4, -0.2) is 24.5 Å². The quantitative estimate of drug-likeness (QED) is 0.754. The van der Waals surface area contributed by atoms with Crippen LogP contribution in [0.25, 0.3) is 0 Å². The molecule has 1 aliphatic rings. The molecule has 2 radical (unpaired) electrons. The largest absolute Gasteiger partial charge is 0.349 e. The van der Waals surface area contributed by atoms with Gasteiger partial charge in [-0.25, -0.2) is 0 Å². The van der Waals surface area contributed by atoms with Gasteiger partial charge < -0.3 is 15.2 Å². The average molecular weight is 283 g/mol. The number of ether oxygens (including phenoxy) is 2. The zero-order valence-corrected chi connectivity index (χ0v) is 13.7. The Kier molecular flexibility index (Phi) is 5.62. The molecule has 0 aromatic heterocycles. The molecule has 3 nitrogen and oxygen atoms in total. The molecule has 1 saturated heterocycles. The lowest BCUT2D eigenvalue weighted by Crippen LogP contribution is -2.54. The number of rotatable bonds is 6. The van der Waals surface area contributed by atoms with E-state index in [1.807, 2.05) is 19.9 Å². The van der Waals surface area contributed by atoms with Crippen LogP contribution in [0.2, 0.25) is 0 Å². The molecule has 1 heterocycles. The van der Waals surface area contributed by atoms with Crippen LogP contribution in [0.4, 0.5) is 0 Å². The first-order chi connectivity index (χ1) is 9.16. The molecule has 118 valence electrons. The van der Waals surface area contributed by atoms with E-state index in [9.17, 15) is 0 Å². The summed E-state index contributed by atoms with van der Waals surface area (Å²) < 4.78 is 12.4. The zero-order valence-electron chi connectivity index (χ0n) is 14.7. The van der Waals surface area contributed by atoms with E-state index in [-0.39, 0.29) is 13.8 Å². The fraction of sp³-hybridized carbons (Fsp3) is 0.824. The van der Waals surface area contributed by atoms with Gasteiger partial charge in [-0.05, 0) is 38.8 Å².